The van der Waals surface area contributed by atoms with Crippen molar-refractivity contribution < 1.29 is 9.78 Å². The Morgan fingerprint density at radius 2 is 1.21 bits per heavy atom. The summed E-state index contributed by atoms with van der Waals surface area (Å²) < 4.78 is 0. The molecule has 0 aromatic heterocycles. The Balaban J connectivity index is 1.21. The molecule has 0 atom stereocenters. The van der Waals surface area contributed by atoms with Crippen LogP contribution in [-0.2, 0) is 9.78 Å². The topological polar surface area (TPSA) is 80.7 Å². The number of hydrogen-bond donors (Lipinski definition) is 2. The van der Waals surface area contributed by atoms with E-state index in [9.17, 15) is 0 Å². The molecular weight excluding hydrogens is 370 g/mol. The minimum atomic E-state index is -0.117. The minimum Gasteiger partial charge on any atom is -0.378 e. The highest BCUT2D eigenvalue weighted by atomic mass is 32.2. The molecule has 8 aliphatic rings. The second-order valence-electron chi connectivity index (χ2n) is 11.3. The molecule has 5 nitrogen and oxygen atoms in total. The third-order valence-electron chi connectivity index (χ3n) is 8.80. The lowest BCUT2D eigenvalue weighted by molar-refractivity contribution is -0.338. The van der Waals surface area contributed by atoms with Crippen LogP contribution >= 0.6 is 11.8 Å². The second-order valence-corrected chi connectivity index (χ2v) is 12.2. The van der Waals surface area contributed by atoms with E-state index in [2.05, 4.69) is 0 Å². The maximum Gasteiger partial charge on any atom is 0.295 e. The Morgan fingerprint density at radius 1 is 0.786 bits per heavy atom. The first-order valence-electron chi connectivity index (χ1n) is 11.4. The van der Waals surface area contributed by atoms with Gasteiger partial charge >= 0.3 is 0 Å². The van der Waals surface area contributed by atoms with Gasteiger partial charge in [0.15, 0.2) is 5.17 Å². The fraction of sp³-hybridized carbons (Fsp3) is 0.909. The average Bonchev–Trinajstić information content (AvgIpc) is 2.56. The summed E-state index contributed by atoms with van der Waals surface area (Å²) in [6.45, 7) is 0. The van der Waals surface area contributed by atoms with Gasteiger partial charge in [0.1, 0.15) is 5.60 Å². The van der Waals surface area contributed by atoms with Gasteiger partial charge in [-0.3, -0.25) is 5.41 Å². The molecule has 0 radical (unpaired) electrons. The molecule has 0 amide bonds. The molecular formula is C22H33N3O2S. The van der Waals surface area contributed by atoms with Gasteiger partial charge in [-0.25, -0.2) is 4.99 Å². The Bertz CT molecular complexity index is 635. The largest absolute Gasteiger partial charge is 0.378 e. The van der Waals surface area contributed by atoms with Gasteiger partial charge in [0.25, 0.3) is 5.23 Å². The van der Waals surface area contributed by atoms with Crippen LogP contribution in [0.5, 0.6) is 0 Å². The number of thioether (sulfide) groups is 1. The Labute approximate surface area is 172 Å². The first-order valence-corrected chi connectivity index (χ1v) is 12.3. The van der Waals surface area contributed by atoms with E-state index < -0.39 is 0 Å². The van der Waals surface area contributed by atoms with Crippen LogP contribution in [0.1, 0.15) is 77.0 Å². The fourth-order valence-electron chi connectivity index (χ4n) is 8.81. The predicted molar refractivity (Wildman–Crippen MR) is 111 cm³/mol. The second kappa shape index (κ2) is 6.37. The van der Waals surface area contributed by atoms with E-state index >= 15 is 0 Å². The number of nitrogens with two attached hydrogens (primary N) is 1. The van der Waals surface area contributed by atoms with Crippen molar-refractivity contribution >= 4 is 22.2 Å². The summed E-state index contributed by atoms with van der Waals surface area (Å²) in [5.41, 5.74) is 5.62. The van der Waals surface area contributed by atoms with Gasteiger partial charge in [-0.1, -0.05) is 0 Å². The van der Waals surface area contributed by atoms with Crippen molar-refractivity contribution in [3.8, 4) is 0 Å². The summed E-state index contributed by atoms with van der Waals surface area (Å²) >= 11 is 1.14. The van der Waals surface area contributed by atoms with E-state index in [0.717, 1.165) is 66.5 Å². The van der Waals surface area contributed by atoms with E-state index in [-0.39, 0.29) is 16.3 Å². The summed E-state index contributed by atoms with van der Waals surface area (Å²) in [7, 11) is 0. The van der Waals surface area contributed by atoms with Crippen LogP contribution < -0.4 is 5.73 Å². The summed E-state index contributed by atoms with van der Waals surface area (Å²) in [4.78, 5) is 17.3. The zero-order valence-electron chi connectivity index (χ0n) is 16.7. The van der Waals surface area contributed by atoms with E-state index in [4.69, 9.17) is 25.9 Å². The molecule has 6 heteroatoms. The van der Waals surface area contributed by atoms with Crippen LogP contribution in [0, 0.1) is 40.9 Å². The van der Waals surface area contributed by atoms with Crippen LogP contribution in [0.15, 0.2) is 4.99 Å². The van der Waals surface area contributed by atoms with E-state index in [1.807, 2.05) is 0 Å². The monoisotopic (exact) mass is 403 g/mol. The first-order chi connectivity index (χ1) is 13.5. The number of nitrogens with one attached hydrogen (secondary N) is 1. The molecule has 8 bridgehead atoms. The highest BCUT2D eigenvalue weighted by Gasteiger charge is 2.54. The van der Waals surface area contributed by atoms with Crippen LogP contribution in [0.4, 0.5) is 0 Å². The van der Waals surface area contributed by atoms with Gasteiger partial charge in [-0.15, -0.1) is 0 Å². The summed E-state index contributed by atoms with van der Waals surface area (Å²) in [5, 5.41) is 8.32. The van der Waals surface area contributed by atoms with Crippen molar-refractivity contribution in [2.75, 3.05) is 0 Å². The molecule has 0 unspecified atom stereocenters. The molecule has 0 aromatic carbocycles. The molecule has 28 heavy (non-hydrogen) atoms. The van der Waals surface area contributed by atoms with Crippen molar-refractivity contribution in [2.45, 2.75) is 88.2 Å². The number of nitrogens with zero attached hydrogens (tertiary/aromatic N) is 1. The molecule has 0 spiro atoms. The molecule has 8 aliphatic carbocycles. The molecule has 8 saturated carbocycles. The number of aliphatic imine (C=N–C) groups is 1. The zero-order chi connectivity index (χ0) is 18.9. The number of hydrogen-bond acceptors (Lipinski definition) is 5. The van der Waals surface area contributed by atoms with E-state index in [0.29, 0.717) is 5.23 Å². The Kier molecular flexibility index (Phi) is 4.11. The minimum absolute atomic E-state index is 0.0113. The molecule has 154 valence electrons. The zero-order valence-corrected chi connectivity index (χ0v) is 17.5. The van der Waals surface area contributed by atoms with Crippen molar-refractivity contribution in [1.82, 2.24) is 0 Å². The van der Waals surface area contributed by atoms with E-state index in [1.165, 1.54) is 57.8 Å². The number of amidine groups is 1. The van der Waals surface area contributed by atoms with E-state index in [1.54, 1.807) is 0 Å². The maximum absolute atomic E-state index is 7.79. The molecule has 8 rings (SSSR count). The molecule has 0 aliphatic heterocycles. The van der Waals surface area contributed by atoms with Gasteiger partial charge in [0.05, 0.1) is 5.54 Å². The maximum atomic E-state index is 7.79. The molecule has 0 aromatic rings. The highest BCUT2D eigenvalue weighted by Crippen LogP contribution is 2.58. The van der Waals surface area contributed by atoms with Crippen LogP contribution in [-0.4, -0.2) is 21.5 Å². The van der Waals surface area contributed by atoms with Gasteiger partial charge in [-0.05, 0) is 113 Å². The van der Waals surface area contributed by atoms with Crippen LogP contribution in [0.2, 0.25) is 0 Å². The van der Waals surface area contributed by atoms with Crippen molar-refractivity contribution in [2.24, 2.45) is 46.2 Å². The molecule has 8 fully saturated rings. The fourth-order valence-corrected chi connectivity index (χ4v) is 9.30. The predicted octanol–water partition coefficient (Wildman–Crippen LogP) is 4.85. The van der Waals surface area contributed by atoms with Crippen LogP contribution in [0.25, 0.3) is 0 Å². The first kappa shape index (κ1) is 18.1. The van der Waals surface area contributed by atoms with Gasteiger partial charge < -0.3 is 10.6 Å². The molecule has 0 heterocycles. The normalized spacial score (nSPS) is 50.9. The molecule has 0 saturated heterocycles. The highest BCUT2D eigenvalue weighted by molar-refractivity contribution is 8.26. The summed E-state index contributed by atoms with van der Waals surface area (Å²) in [5.74, 6) is 4.96. The Hall–Kier alpha value is -0.750. The quantitative estimate of drug-likeness (QED) is 0.305. The smallest absolute Gasteiger partial charge is 0.295 e. The van der Waals surface area contributed by atoms with Crippen molar-refractivity contribution in [3.05, 3.63) is 0 Å². The summed E-state index contributed by atoms with van der Waals surface area (Å²) in [6, 6.07) is 0. The SMILES string of the molecule is N=C(N)SC(=NC12CC3CC(CC(C3)C1)C2)OOC12CC3CC(CC(C3)C1)C2. The lowest BCUT2D eigenvalue weighted by Crippen LogP contribution is -2.52. The third-order valence-corrected chi connectivity index (χ3v) is 9.36. The van der Waals surface area contributed by atoms with Gasteiger partial charge in [0.2, 0.25) is 0 Å². The summed E-state index contributed by atoms with van der Waals surface area (Å²) in [6.07, 6.45) is 15.3. The van der Waals surface area contributed by atoms with Crippen molar-refractivity contribution in [3.63, 3.8) is 0 Å². The van der Waals surface area contributed by atoms with Gasteiger partial charge in [0, 0.05) is 11.8 Å². The lowest BCUT2D eigenvalue weighted by atomic mass is 9.53. The molecule has 3 N–H and O–H groups in total. The number of rotatable bonds is 3. The van der Waals surface area contributed by atoms with Crippen LogP contribution in [0.3, 0.4) is 0 Å². The van der Waals surface area contributed by atoms with Crippen molar-refractivity contribution in [1.29, 1.82) is 5.41 Å². The lowest BCUT2D eigenvalue weighted by Gasteiger charge is -2.55. The third kappa shape index (κ3) is 3.19. The average molecular weight is 404 g/mol. The Morgan fingerprint density at radius 3 is 1.64 bits per heavy atom. The standard InChI is InChI=1S/C22H33N3O2S/c23-19(24)28-20(25-21-7-13-1-14(8-21)3-15(2-13)9-21)26-27-22-10-16-4-17(11-22)6-18(5-16)12-22/h13-18H,1-12H2,(H3,23,24). The van der Waals surface area contributed by atoms with Gasteiger partial charge in [-0.2, -0.15) is 4.89 Å².